The Morgan fingerprint density at radius 1 is 1.08 bits per heavy atom. The molecular weight excluding hydrogens is 668 g/mol. The van der Waals surface area contributed by atoms with Crippen LogP contribution in [-0.4, -0.2) is 64.9 Å². The van der Waals surface area contributed by atoms with Crippen LogP contribution in [-0.2, 0) is 11.2 Å². The SMILES string of the molecule is CCCCCCC(C)(CCCC)COc1nc2c(c(N3CCOCC(O)C3)n1)/C(=C/C(C)C(C)C)C(=N)C(c1cc(O)cc3ccc(F)c(CC)c13)=C2. The summed E-state index contributed by atoms with van der Waals surface area (Å²) in [6.45, 7) is 17.0. The predicted octanol–water partition coefficient (Wildman–Crippen LogP) is 10.0. The minimum absolute atomic E-state index is 0.0398. The van der Waals surface area contributed by atoms with Crippen molar-refractivity contribution in [3.63, 3.8) is 0 Å². The molecule has 2 heterocycles. The van der Waals surface area contributed by atoms with E-state index in [9.17, 15) is 15.6 Å². The maximum Gasteiger partial charge on any atom is 0.318 e. The smallest absolute Gasteiger partial charge is 0.318 e. The largest absolute Gasteiger partial charge is 0.508 e. The van der Waals surface area contributed by atoms with Gasteiger partial charge in [-0.15, -0.1) is 0 Å². The molecule has 53 heavy (non-hydrogen) atoms. The normalized spacial score (nSPS) is 18.9. The highest BCUT2D eigenvalue weighted by Gasteiger charge is 2.33. The molecule has 2 aliphatic rings. The fraction of sp³-hybridized carbons (Fsp3) is 0.568. The molecule has 0 radical (unpaired) electrons. The van der Waals surface area contributed by atoms with E-state index >= 15 is 4.39 Å². The Morgan fingerprint density at radius 3 is 2.55 bits per heavy atom. The topological polar surface area (TPSA) is 112 Å². The average Bonchev–Trinajstić information content (AvgIpc) is 3.36. The number of halogens is 1. The summed E-state index contributed by atoms with van der Waals surface area (Å²) in [6.07, 6.45) is 12.8. The number of aryl methyl sites for hydroxylation is 1. The number of fused-ring (bicyclic) bond motifs is 2. The maximum atomic E-state index is 15.4. The van der Waals surface area contributed by atoms with Crippen LogP contribution in [0.4, 0.5) is 10.2 Å². The summed E-state index contributed by atoms with van der Waals surface area (Å²) in [7, 11) is 0. The summed E-state index contributed by atoms with van der Waals surface area (Å²) >= 11 is 0. The third-order valence-corrected chi connectivity index (χ3v) is 11.1. The lowest BCUT2D eigenvalue weighted by atomic mass is 9.80. The number of anilines is 1. The maximum absolute atomic E-state index is 15.4. The molecule has 1 saturated heterocycles. The molecule has 1 aromatic heterocycles. The van der Waals surface area contributed by atoms with Gasteiger partial charge in [0.2, 0.25) is 0 Å². The first kappa shape index (κ1) is 40.4. The first-order chi connectivity index (χ1) is 25.4. The molecule has 1 aliphatic heterocycles. The number of unbranched alkanes of at least 4 members (excludes halogenated alkanes) is 4. The van der Waals surface area contributed by atoms with Crippen molar-refractivity contribution in [2.24, 2.45) is 17.3 Å². The van der Waals surface area contributed by atoms with Crippen molar-refractivity contribution >= 4 is 39.5 Å². The van der Waals surface area contributed by atoms with Crippen LogP contribution >= 0.6 is 0 Å². The van der Waals surface area contributed by atoms with Crippen LogP contribution in [0, 0.1) is 28.5 Å². The summed E-state index contributed by atoms with van der Waals surface area (Å²) in [5.41, 5.74) is 3.80. The van der Waals surface area contributed by atoms with Crippen molar-refractivity contribution in [1.82, 2.24) is 9.97 Å². The number of β-amino-alcohol motifs (C(OH)–C–C–N with tert-alkyl or cyclic N) is 1. The van der Waals surface area contributed by atoms with Crippen LogP contribution in [0.5, 0.6) is 11.8 Å². The molecule has 1 aliphatic carbocycles. The molecule has 1 fully saturated rings. The summed E-state index contributed by atoms with van der Waals surface area (Å²) in [6, 6.07) is 6.65. The molecule has 3 atom stereocenters. The number of nitrogens with zero attached hydrogens (tertiary/aromatic N) is 3. The van der Waals surface area contributed by atoms with Crippen molar-refractivity contribution in [3.8, 4) is 11.8 Å². The molecular formula is C44H61FN4O4. The number of phenols is 1. The molecule has 288 valence electrons. The van der Waals surface area contributed by atoms with Crippen LogP contribution < -0.4 is 9.64 Å². The summed E-state index contributed by atoms with van der Waals surface area (Å²) in [5, 5.41) is 33.0. The molecule has 0 saturated carbocycles. The van der Waals surface area contributed by atoms with Crippen LogP contribution in [0.15, 0.2) is 30.3 Å². The number of hydrogen-bond donors (Lipinski definition) is 3. The van der Waals surface area contributed by atoms with Crippen molar-refractivity contribution in [2.45, 2.75) is 112 Å². The van der Waals surface area contributed by atoms with Gasteiger partial charge in [-0.25, -0.2) is 4.39 Å². The summed E-state index contributed by atoms with van der Waals surface area (Å²) in [4.78, 5) is 12.2. The van der Waals surface area contributed by atoms with E-state index in [1.807, 2.05) is 17.9 Å². The Labute approximate surface area is 316 Å². The molecule has 2 aromatic carbocycles. The van der Waals surface area contributed by atoms with Crippen molar-refractivity contribution in [3.05, 3.63) is 58.5 Å². The number of rotatable bonds is 16. The van der Waals surface area contributed by atoms with E-state index < -0.39 is 6.10 Å². The van der Waals surface area contributed by atoms with E-state index in [1.165, 1.54) is 25.3 Å². The van der Waals surface area contributed by atoms with Crippen LogP contribution in [0.1, 0.15) is 122 Å². The van der Waals surface area contributed by atoms with Crippen molar-refractivity contribution in [2.75, 3.05) is 37.8 Å². The van der Waals surface area contributed by atoms with Crippen LogP contribution in [0.25, 0.3) is 28.0 Å². The van der Waals surface area contributed by atoms with Gasteiger partial charge >= 0.3 is 6.01 Å². The van der Waals surface area contributed by atoms with Gasteiger partial charge in [0.05, 0.1) is 42.9 Å². The van der Waals surface area contributed by atoms with Gasteiger partial charge in [-0.2, -0.15) is 9.97 Å². The number of hydrogen-bond acceptors (Lipinski definition) is 8. The molecule has 0 amide bonds. The fourth-order valence-electron chi connectivity index (χ4n) is 7.55. The Kier molecular flexibility index (Phi) is 13.7. The number of aliphatic hydroxyl groups excluding tert-OH is 1. The third kappa shape index (κ3) is 9.47. The van der Waals surface area contributed by atoms with E-state index in [-0.39, 0.29) is 47.1 Å². The zero-order valence-electron chi connectivity index (χ0n) is 33.0. The van der Waals surface area contributed by atoms with Gasteiger partial charge in [0.1, 0.15) is 17.4 Å². The van der Waals surface area contributed by atoms with E-state index in [2.05, 4.69) is 47.6 Å². The van der Waals surface area contributed by atoms with E-state index in [0.717, 1.165) is 32.1 Å². The Bertz CT molecular complexity index is 1820. The predicted molar refractivity (Wildman–Crippen MR) is 215 cm³/mol. The monoisotopic (exact) mass is 728 g/mol. The lowest BCUT2D eigenvalue weighted by Gasteiger charge is -2.32. The molecule has 3 aromatic rings. The van der Waals surface area contributed by atoms with Gasteiger partial charge < -0.3 is 24.6 Å². The highest BCUT2D eigenvalue weighted by Crippen LogP contribution is 2.44. The van der Waals surface area contributed by atoms with Crippen LogP contribution in [0.3, 0.4) is 0 Å². The van der Waals surface area contributed by atoms with E-state index in [4.69, 9.17) is 19.4 Å². The van der Waals surface area contributed by atoms with Gasteiger partial charge in [-0.1, -0.05) is 99.1 Å². The first-order valence-electron chi connectivity index (χ1n) is 19.9. The first-order valence-corrected chi connectivity index (χ1v) is 19.9. The number of benzene rings is 2. The Morgan fingerprint density at radius 2 is 1.83 bits per heavy atom. The average molecular weight is 729 g/mol. The molecule has 0 bridgehead atoms. The number of phenolic OH excluding ortho intramolecular Hbond substituents is 1. The number of ether oxygens (including phenoxy) is 2. The summed E-state index contributed by atoms with van der Waals surface area (Å²) < 4.78 is 27.7. The second-order valence-corrected chi connectivity index (χ2v) is 15.9. The highest BCUT2D eigenvalue weighted by atomic mass is 19.1. The van der Waals surface area contributed by atoms with Crippen molar-refractivity contribution in [1.29, 1.82) is 5.41 Å². The molecule has 3 N–H and O–H groups in total. The molecule has 5 rings (SSSR count). The van der Waals surface area contributed by atoms with Gasteiger partial charge in [-0.3, -0.25) is 5.41 Å². The molecule has 9 heteroatoms. The minimum Gasteiger partial charge on any atom is -0.508 e. The molecule has 3 unspecified atom stereocenters. The van der Waals surface area contributed by atoms with Gasteiger partial charge in [0, 0.05) is 29.7 Å². The van der Waals surface area contributed by atoms with E-state index in [1.54, 1.807) is 18.2 Å². The molecule has 0 spiro atoms. The Balaban J connectivity index is 1.73. The van der Waals surface area contributed by atoms with E-state index in [0.29, 0.717) is 82.8 Å². The highest BCUT2D eigenvalue weighted by molar-refractivity contribution is 6.49. The van der Waals surface area contributed by atoms with Gasteiger partial charge in [-0.05, 0) is 77.3 Å². The number of allylic oxidation sites excluding steroid dienone is 3. The lowest BCUT2D eigenvalue weighted by molar-refractivity contribution is 0.0597. The number of aliphatic hydroxyl groups is 1. The van der Waals surface area contributed by atoms with Crippen LogP contribution in [0.2, 0.25) is 0 Å². The standard InChI is InChI=1S/C44H61FN4O4/c1-8-11-13-14-18-44(7,17-12-9-2)27-53-43-47-38-24-35(34-23-31(50)22-30-15-16-37(45)33(10-3)39(30)34)41(46)36(21-29(6)28(4)5)40(38)42(48-43)49-19-20-52-26-32(51)25-49/h15-16,21-24,28-29,32,46,50-51H,8-14,17-20,25-27H2,1-7H3/b36-21-,46-41?. The number of aromatic hydroxyl groups is 1. The summed E-state index contributed by atoms with van der Waals surface area (Å²) in [5.74, 6) is 0.696. The minimum atomic E-state index is -0.717. The lowest BCUT2D eigenvalue weighted by Crippen LogP contribution is -2.35. The number of nitrogens with one attached hydrogen (secondary N) is 1. The fourth-order valence-corrected chi connectivity index (χ4v) is 7.55. The zero-order chi connectivity index (χ0) is 38.3. The number of aromatic nitrogens is 2. The van der Waals surface area contributed by atoms with Gasteiger partial charge in [0.25, 0.3) is 0 Å². The molecule has 8 nitrogen and oxygen atoms in total. The third-order valence-electron chi connectivity index (χ3n) is 11.1. The Hall–Kier alpha value is -3.82. The van der Waals surface area contributed by atoms with Crippen molar-refractivity contribution < 1.29 is 24.1 Å². The second kappa shape index (κ2) is 18.0. The quantitative estimate of drug-likeness (QED) is 0.126. The second-order valence-electron chi connectivity index (χ2n) is 15.9. The zero-order valence-corrected chi connectivity index (χ0v) is 33.0. The van der Waals surface area contributed by atoms with Gasteiger partial charge in [0.15, 0.2) is 0 Å².